The number of aromatic nitrogens is 3. The number of fused-ring (bicyclic) bond motifs is 1. The second-order valence-corrected chi connectivity index (χ2v) is 5.52. The first-order chi connectivity index (χ1) is 11.1. The van der Waals surface area contributed by atoms with E-state index in [2.05, 4.69) is 25.2 Å². The molecule has 2 aromatic heterocycles. The summed E-state index contributed by atoms with van der Waals surface area (Å²) in [6.45, 7) is 0.816. The molecule has 0 saturated carbocycles. The fraction of sp³-hybridized carbons (Fsp3) is 0.176. The van der Waals surface area contributed by atoms with Crippen molar-refractivity contribution in [3.8, 4) is 0 Å². The highest BCUT2D eigenvalue weighted by Gasteiger charge is 2.09. The van der Waals surface area contributed by atoms with Crippen molar-refractivity contribution in [2.24, 2.45) is 0 Å². The van der Waals surface area contributed by atoms with E-state index in [9.17, 15) is 4.79 Å². The number of hydrogen-bond acceptors (Lipinski definition) is 5. The molecule has 0 spiro atoms. The van der Waals surface area contributed by atoms with Crippen molar-refractivity contribution in [3.63, 3.8) is 0 Å². The Kier molecular flexibility index (Phi) is 4.25. The SMILES string of the molecule is CN(C)Cc1cccc(NC(=O)c2cnc3nccnc3c2)c1. The molecule has 1 aromatic carbocycles. The maximum absolute atomic E-state index is 12.4. The Balaban J connectivity index is 1.80. The quantitative estimate of drug-likeness (QED) is 0.801. The first-order valence-corrected chi connectivity index (χ1v) is 7.23. The van der Waals surface area contributed by atoms with Gasteiger partial charge in [0.1, 0.15) is 5.52 Å². The van der Waals surface area contributed by atoms with Crippen LogP contribution in [0, 0.1) is 0 Å². The van der Waals surface area contributed by atoms with Crippen molar-refractivity contribution in [1.82, 2.24) is 19.9 Å². The van der Waals surface area contributed by atoms with Gasteiger partial charge in [-0.25, -0.2) is 9.97 Å². The lowest BCUT2D eigenvalue weighted by molar-refractivity contribution is 0.102. The summed E-state index contributed by atoms with van der Waals surface area (Å²) in [5.41, 5.74) is 3.47. The molecule has 23 heavy (non-hydrogen) atoms. The fourth-order valence-corrected chi connectivity index (χ4v) is 2.30. The molecule has 2 heterocycles. The molecule has 1 N–H and O–H groups in total. The molecule has 0 unspecified atom stereocenters. The number of pyridine rings is 1. The number of amides is 1. The van der Waals surface area contributed by atoms with Crippen LogP contribution in [0.5, 0.6) is 0 Å². The van der Waals surface area contributed by atoms with Crippen LogP contribution in [0.4, 0.5) is 5.69 Å². The monoisotopic (exact) mass is 307 g/mol. The topological polar surface area (TPSA) is 71.0 Å². The van der Waals surface area contributed by atoms with E-state index in [4.69, 9.17) is 0 Å². The van der Waals surface area contributed by atoms with E-state index < -0.39 is 0 Å². The van der Waals surface area contributed by atoms with Crippen LogP contribution in [-0.4, -0.2) is 39.9 Å². The molecule has 3 aromatic rings. The van der Waals surface area contributed by atoms with E-state index in [1.54, 1.807) is 18.5 Å². The summed E-state index contributed by atoms with van der Waals surface area (Å²) < 4.78 is 0. The predicted octanol–water partition coefficient (Wildman–Crippen LogP) is 2.34. The van der Waals surface area contributed by atoms with E-state index in [1.165, 1.54) is 6.20 Å². The molecule has 6 nitrogen and oxygen atoms in total. The average molecular weight is 307 g/mol. The van der Waals surface area contributed by atoms with Gasteiger partial charge in [0.05, 0.1) is 5.56 Å². The number of nitrogens with one attached hydrogen (secondary N) is 1. The molecule has 0 aliphatic carbocycles. The van der Waals surface area contributed by atoms with Gasteiger partial charge in [-0.3, -0.25) is 9.78 Å². The maximum atomic E-state index is 12.4. The third kappa shape index (κ3) is 3.67. The van der Waals surface area contributed by atoms with Crippen LogP contribution in [0.2, 0.25) is 0 Å². The summed E-state index contributed by atoms with van der Waals surface area (Å²) in [6, 6.07) is 9.48. The van der Waals surface area contributed by atoms with E-state index in [1.807, 2.05) is 38.4 Å². The summed E-state index contributed by atoms with van der Waals surface area (Å²) in [5.74, 6) is -0.216. The van der Waals surface area contributed by atoms with Crippen molar-refractivity contribution < 1.29 is 4.79 Å². The third-order valence-corrected chi connectivity index (χ3v) is 3.27. The minimum atomic E-state index is -0.216. The lowest BCUT2D eigenvalue weighted by Gasteiger charge is -2.11. The van der Waals surface area contributed by atoms with Gasteiger partial charge in [0.25, 0.3) is 5.91 Å². The van der Waals surface area contributed by atoms with Crippen LogP contribution >= 0.6 is 0 Å². The average Bonchev–Trinajstić information content (AvgIpc) is 2.54. The lowest BCUT2D eigenvalue weighted by Crippen LogP contribution is -2.14. The summed E-state index contributed by atoms with van der Waals surface area (Å²) in [6.07, 6.45) is 4.66. The molecular weight excluding hydrogens is 290 g/mol. The molecule has 0 radical (unpaired) electrons. The zero-order valence-corrected chi connectivity index (χ0v) is 13.0. The van der Waals surface area contributed by atoms with Crippen LogP contribution in [0.1, 0.15) is 15.9 Å². The molecule has 3 rings (SSSR count). The summed E-state index contributed by atoms with van der Waals surface area (Å²) >= 11 is 0. The Hall–Kier alpha value is -2.86. The Morgan fingerprint density at radius 1 is 1.13 bits per heavy atom. The number of anilines is 1. The van der Waals surface area contributed by atoms with Gasteiger partial charge >= 0.3 is 0 Å². The lowest BCUT2D eigenvalue weighted by atomic mass is 10.2. The highest BCUT2D eigenvalue weighted by atomic mass is 16.1. The van der Waals surface area contributed by atoms with E-state index in [0.29, 0.717) is 16.7 Å². The highest BCUT2D eigenvalue weighted by molar-refractivity contribution is 6.05. The van der Waals surface area contributed by atoms with Crippen molar-refractivity contribution in [2.45, 2.75) is 6.54 Å². The molecular formula is C17H17N5O. The van der Waals surface area contributed by atoms with E-state index >= 15 is 0 Å². The smallest absolute Gasteiger partial charge is 0.257 e. The Morgan fingerprint density at radius 2 is 1.96 bits per heavy atom. The number of benzene rings is 1. The largest absolute Gasteiger partial charge is 0.322 e. The number of carbonyl (C=O) groups excluding carboxylic acids is 1. The van der Waals surface area contributed by atoms with Crippen molar-refractivity contribution >= 4 is 22.8 Å². The highest BCUT2D eigenvalue weighted by Crippen LogP contribution is 2.14. The van der Waals surface area contributed by atoms with Gasteiger partial charge in [0.15, 0.2) is 5.65 Å². The second kappa shape index (κ2) is 6.50. The van der Waals surface area contributed by atoms with Gasteiger partial charge in [-0.05, 0) is 37.9 Å². The fourth-order valence-electron chi connectivity index (χ4n) is 2.30. The normalized spacial score (nSPS) is 10.9. The Morgan fingerprint density at radius 3 is 2.78 bits per heavy atom. The second-order valence-electron chi connectivity index (χ2n) is 5.52. The van der Waals surface area contributed by atoms with E-state index in [-0.39, 0.29) is 5.91 Å². The standard InChI is InChI=1S/C17H17N5O/c1-22(2)11-12-4-3-5-14(8-12)21-17(23)13-9-15-16(20-10-13)19-7-6-18-15/h3-10H,11H2,1-2H3,(H,21,23). The third-order valence-electron chi connectivity index (χ3n) is 3.27. The van der Waals surface area contributed by atoms with Crippen LogP contribution in [0.15, 0.2) is 48.9 Å². The molecule has 0 saturated heterocycles. The van der Waals surface area contributed by atoms with Crippen molar-refractivity contribution in [1.29, 1.82) is 0 Å². The molecule has 0 aliphatic heterocycles. The van der Waals surface area contributed by atoms with Gasteiger partial charge in [-0.2, -0.15) is 0 Å². The van der Waals surface area contributed by atoms with Crippen LogP contribution < -0.4 is 5.32 Å². The summed E-state index contributed by atoms with van der Waals surface area (Å²) in [7, 11) is 4.01. The number of rotatable bonds is 4. The molecule has 0 fully saturated rings. The van der Waals surface area contributed by atoms with E-state index in [0.717, 1.165) is 17.8 Å². The van der Waals surface area contributed by atoms with Crippen LogP contribution in [0.25, 0.3) is 11.2 Å². The first-order valence-electron chi connectivity index (χ1n) is 7.23. The van der Waals surface area contributed by atoms with Gasteiger partial charge in [-0.15, -0.1) is 0 Å². The van der Waals surface area contributed by atoms with Gasteiger partial charge in [0, 0.05) is 30.8 Å². The summed E-state index contributed by atoms with van der Waals surface area (Å²) in [5, 5.41) is 2.89. The predicted molar refractivity (Wildman–Crippen MR) is 89.1 cm³/mol. The van der Waals surface area contributed by atoms with Crippen LogP contribution in [-0.2, 0) is 6.54 Å². The molecule has 0 bridgehead atoms. The number of hydrogen-bond donors (Lipinski definition) is 1. The zero-order chi connectivity index (χ0) is 16.2. The van der Waals surface area contributed by atoms with Crippen LogP contribution in [0.3, 0.4) is 0 Å². The molecule has 1 amide bonds. The molecule has 6 heteroatoms. The Bertz CT molecular complexity index is 847. The summed E-state index contributed by atoms with van der Waals surface area (Å²) in [4.78, 5) is 26.9. The Labute approximate surface area is 134 Å². The molecule has 0 atom stereocenters. The van der Waals surface area contributed by atoms with Crippen molar-refractivity contribution in [3.05, 3.63) is 60.0 Å². The maximum Gasteiger partial charge on any atom is 0.257 e. The minimum Gasteiger partial charge on any atom is -0.322 e. The number of nitrogens with zero attached hydrogens (tertiary/aromatic N) is 4. The number of carbonyl (C=O) groups is 1. The van der Waals surface area contributed by atoms with Crippen molar-refractivity contribution in [2.75, 3.05) is 19.4 Å². The van der Waals surface area contributed by atoms with Gasteiger partial charge in [0.2, 0.25) is 0 Å². The first kappa shape index (κ1) is 15.1. The van der Waals surface area contributed by atoms with Gasteiger partial charge in [-0.1, -0.05) is 12.1 Å². The molecule has 116 valence electrons. The van der Waals surface area contributed by atoms with Gasteiger partial charge < -0.3 is 10.2 Å². The minimum absolute atomic E-state index is 0.216. The molecule has 0 aliphatic rings. The zero-order valence-electron chi connectivity index (χ0n) is 13.0.